The molecule has 0 radical (unpaired) electrons. The van der Waals surface area contributed by atoms with E-state index in [4.69, 9.17) is 0 Å². The van der Waals surface area contributed by atoms with Crippen LogP contribution in [0.4, 0.5) is 18.9 Å². The molecule has 0 unspecified atom stereocenters. The third-order valence-electron chi connectivity index (χ3n) is 3.46. The van der Waals surface area contributed by atoms with Crippen molar-refractivity contribution in [2.24, 2.45) is 0 Å². The van der Waals surface area contributed by atoms with Crippen molar-refractivity contribution in [3.8, 4) is 16.9 Å². The maximum Gasteiger partial charge on any atom is 0.573 e. The molecule has 2 rings (SSSR count). The molecule has 0 saturated carbocycles. The first kappa shape index (κ1) is 17.8. The number of halogens is 3. The molecule has 0 aliphatic rings. The molecule has 0 spiro atoms. The Morgan fingerprint density at radius 2 is 1.62 bits per heavy atom. The Bertz CT molecular complexity index is 764. The number of rotatable bonds is 3. The number of nitro benzene ring substituents is 1. The molecule has 4 nitrogen and oxygen atoms in total. The second-order valence-electron chi connectivity index (χ2n) is 6.28. The zero-order valence-electron chi connectivity index (χ0n) is 13.3. The summed E-state index contributed by atoms with van der Waals surface area (Å²) < 4.78 is 41.7. The van der Waals surface area contributed by atoms with Gasteiger partial charge in [0.05, 0.1) is 10.5 Å². The van der Waals surface area contributed by atoms with Gasteiger partial charge in [0, 0.05) is 11.6 Å². The summed E-state index contributed by atoms with van der Waals surface area (Å²) in [4.78, 5) is 10.8. The zero-order chi connectivity index (χ0) is 18.1. The number of nitro groups is 1. The standard InChI is InChI=1S/C17H16F3NO3/c1-16(2,3)11-8-9-12(14(10-11)21(22)23)13-6-4-5-7-15(13)24-17(18,19)20/h4-10H,1-3H3. The van der Waals surface area contributed by atoms with Crippen LogP contribution in [0.2, 0.25) is 0 Å². The zero-order valence-corrected chi connectivity index (χ0v) is 13.3. The maximum atomic E-state index is 12.6. The van der Waals surface area contributed by atoms with Crippen molar-refractivity contribution < 1.29 is 22.8 Å². The highest BCUT2D eigenvalue weighted by atomic mass is 19.4. The van der Waals surface area contributed by atoms with Crippen LogP contribution in [0.3, 0.4) is 0 Å². The molecule has 0 bridgehead atoms. The van der Waals surface area contributed by atoms with Gasteiger partial charge in [0.15, 0.2) is 0 Å². The second kappa shape index (κ2) is 6.14. The first-order chi connectivity index (χ1) is 11.0. The summed E-state index contributed by atoms with van der Waals surface area (Å²) in [6.07, 6.45) is -4.88. The fourth-order valence-corrected chi connectivity index (χ4v) is 2.28. The molecule has 2 aromatic rings. The Balaban J connectivity index is 2.63. The van der Waals surface area contributed by atoms with Crippen LogP contribution >= 0.6 is 0 Å². The fourth-order valence-electron chi connectivity index (χ4n) is 2.28. The molecule has 0 aromatic heterocycles. The van der Waals surface area contributed by atoms with Crippen LogP contribution in [0.15, 0.2) is 42.5 Å². The van der Waals surface area contributed by atoms with Crippen LogP contribution in [-0.2, 0) is 5.41 Å². The number of hydrogen-bond donors (Lipinski definition) is 0. The molecule has 7 heteroatoms. The summed E-state index contributed by atoms with van der Waals surface area (Å²) in [6, 6.07) is 9.88. The topological polar surface area (TPSA) is 52.4 Å². The number of alkyl halides is 3. The van der Waals surface area contributed by atoms with E-state index in [0.717, 1.165) is 6.07 Å². The van der Waals surface area contributed by atoms with Crippen molar-refractivity contribution in [2.45, 2.75) is 32.5 Å². The first-order valence-corrected chi connectivity index (χ1v) is 7.13. The lowest BCUT2D eigenvalue weighted by atomic mass is 9.85. The highest BCUT2D eigenvalue weighted by Crippen LogP contribution is 2.40. The van der Waals surface area contributed by atoms with Gasteiger partial charge in [0.2, 0.25) is 0 Å². The van der Waals surface area contributed by atoms with E-state index >= 15 is 0 Å². The molecule has 0 amide bonds. The average molecular weight is 339 g/mol. The third-order valence-corrected chi connectivity index (χ3v) is 3.46. The van der Waals surface area contributed by atoms with Crippen molar-refractivity contribution in [1.82, 2.24) is 0 Å². The number of ether oxygens (including phenoxy) is 1. The van der Waals surface area contributed by atoms with E-state index in [1.165, 1.54) is 30.3 Å². The lowest BCUT2D eigenvalue weighted by molar-refractivity contribution is -0.384. The fraction of sp³-hybridized carbons (Fsp3) is 0.294. The van der Waals surface area contributed by atoms with Crippen molar-refractivity contribution in [1.29, 1.82) is 0 Å². The molecular formula is C17H16F3NO3. The predicted molar refractivity (Wildman–Crippen MR) is 83.9 cm³/mol. The molecule has 0 fully saturated rings. The van der Waals surface area contributed by atoms with Crippen LogP contribution < -0.4 is 4.74 Å². The number of para-hydroxylation sites is 1. The molecule has 0 N–H and O–H groups in total. The van der Waals surface area contributed by atoms with Crippen LogP contribution in [0.5, 0.6) is 5.75 Å². The minimum atomic E-state index is -4.88. The van der Waals surface area contributed by atoms with E-state index in [2.05, 4.69) is 4.74 Å². The summed E-state index contributed by atoms with van der Waals surface area (Å²) in [5.74, 6) is -0.475. The molecule has 0 heterocycles. The van der Waals surface area contributed by atoms with Gasteiger partial charge >= 0.3 is 6.36 Å². The van der Waals surface area contributed by atoms with Gasteiger partial charge in [-0.1, -0.05) is 45.0 Å². The number of benzene rings is 2. The van der Waals surface area contributed by atoms with Gasteiger partial charge in [-0.25, -0.2) is 0 Å². The molecule has 2 aromatic carbocycles. The van der Waals surface area contributed by atoms with Gasteiger partial charge in [0.1, 0.15) is 5.75 Å². The summed E-state index contributed by atoms with van der Waals surface area (Å²) in [6.45, 7) is 5.69. The summed E-state index contributed by atoms with van der Waals surface area (Å²) >= 11 is 0. The molecule has 0 atom stereocenters. The first-order valence-electron chi connectivity index (χ1n) is 7.13. The lowest BCUT2D eigenvalue weighted by Crippen LogP contribution is -2.17. The van der Waals surface area contributed by atoms with Gasteiger partial charge in [0.25, 0.3) is 5.69 Å². The quantitative estimate of drug-likeness (QED) is 0.551. The second-order valence-corrected chi connectivity index (χ2v) is 6.28. The van der Waals surface area contributed by atoms with E-state index in [9.17, 15) is 23.3 Å². The van der Waals surface area contributed by atoms with E-state index in [1.807, 2.05) is 20.8 Å². The van der Waals surface area contributed by atoms with Gasteiger partial charge in [-0.05, 0) is 23.1 Å². The van der Waals surface area contributed by atoms with Crippen molar-refractivity contribution in [3.63, 3.8) is 0 Å². The highest BCUT2D eigenvalue weighted by Gasteiger charge is 2.33. The molecule has 0 saturated heterocycles. The Morgan fingerprint density at radius 1 is 1.00 bits per heavy atom. The maximum absolute atomic E-state index is 12.6. The molecule has 0 aliphatic heterocycles. The molecule has 24 heavy (non-hydrogen) atoms. The molecule has 0 aliphatic carbocycles. The minimum Gasteiger partial charge on any atom is -0.405 e. The largest absolute Gasteiger partial charge is 0.573 e. The Labute approximate surface area is 137 Å². The Hall–Kier alpha value is -2.57. The average Bonchev–Trinajstić information content (AvgIpc) is 2.44. The van der Waals surface area contributed by atoms with E-state index in [0.29, 0.717) is 5.56 Å². The van der Waals surface area contributed by atoms with Crippen molar-refractivity contribution in [3.05, 3.63) is 58.1 Å². The summed E-state index contributed by atoms with van der Waals surface area (Å²) in [5, 5.41) is 11.4. The van der Waals surface area contributed by atoms with Gasteiger partial charge in [-0.2, -0.15) is 0 Å². The van der Waals surface area contributed by atoms with Gasteiger partial charge < -0.3 is 4.74 Å². The van der Waals surface area contributed by atoms with E-state index in [-0.39, 0.29) is 22.2 Å². The predicted octanol–water partition coefficient (Wildman–Crippen LogP) is 5.46. The summed E-state index contributed by atoms with van der Waals surface area (Å²) in [7, 11) is 0. The highest BCUT2D eigenvalue weighted by molar-refractivity contribution is 5.78. The normalized spacial score (nSPS) is 12.1. The molecular weight excluding hydrogens is 323 g/mol. The summed E-state index contributed by atoms with van der Waals surface area (Å²) in [5.41, 5.74) is 0.216. The number of nitrogens with zero attached hydrogens (tertiary/aromatic N) is 1. The third kappa shape index (κ3) is 4.04. The van der Waals surface area contributed by atoms with Crippen LogP contribution in [-0.4, -0.2) is 11.3 Å². The SMILES string of the molecule is CC(C)(C)c1ccc(-c2ccccc2OC(F)(F)F)c([N+](=O)[O-])c1. The van der Waals surface area contributed by atoms with Gasteiger partial charge in [-0.3, -0.25) is 10.1 Å². The van der Waals surface area contributed by atoms with E-state index < -0.39 is 17.0 Å². The van der Waals surface area contributed by atoms with Crippen molar-refractivity contribution >= 4 is 5.69 Å². The van der Waals surface area contributed by atoms with E-state index in [1.54, 1.807) is 6.07 Å². The Morgan fingerprint density at radius 3 is 2.17 bits per heavy atom. The Kier molecular flexibility index (Phi) is 4.55. The molecule has 128 valence electrons. The van der Waals surface area contributed by atoms with Crippen LogP contribution in [0, 0.1) is 10.1 Å². The van der Waals surface area contributed by atoms with Crippen molar-refractivity contribution in [2.75, 3.05) is 0 Å². The van der Waals surface area contributed by atoms with Crippen LogP contribution in [0.1, 0.15) is 26.3 Å². The van der Waals surface area contributed by atoms with Crippen LogP contribution in [0.25, 0.3) is 11.1 Å². The smallest absolute Gasteiger partial charge is 0.405 e. The number of hydrogen-bond acceptors (Lipinski definition) is 3. The monoisotopic (exact) mass is 339 g/mol. The minimum absolute atomic E-state index is 0.0157. The van der Waals surface area contributed by atoms with Gasteiger partial charge in [-0.15, -0.1) is 13.2 Å². The lowest BCUT2D eigenvalue weighted by Gasteiger charge is -2.20.